The smallest absolute Gasteiger partial charge is 0.337 e. The van der Waals surface area contributed by atoms with E-state index in [2.05, 4.69) is 23.6 Å². The molecule has 1 heterocycles. The Balaban J connectivity index is 1.53. The van der Waals surface area contributed by atoms with Gasteiger partial charge in [-0.25, -0.2) is 4.79 Å². The maximum Gasteiger partial charge on any atom is 0.337 e. The zero-order chi connectivity index (χ0) is 24.6. The first-order chi connectivity index (χ1) is 16.9. The van der Waals surface area contributed by atoms with Crippen molar-refractivity contribution >= 4 is 23.3 Å². The molecule has 35 heavy (non-hydrogen) atoms. The number of hydrogen-bond donors (Lipinski definition) is 1. The zero-order valence-electron chi connectivity index (χ0n) is 20.3. The van der Waals surface area contributed by atoms with Gasteiger partial charge in [0.1, 0.15) is 5.75 Å². The molecule has 1 N–H and O–H groups in total. The highest BCUT2D eigenvalue weighted by atomic mass is 35.5. The minimum atomic E-state index is -0.359. The lowest BCUT2D eigenvalue weighted by atomic mass is 9.68. The van der Waals surface area contributed by atoms with Gasteiger partial charge in [0.2, 0.25) is 0 Å². The van der Waals surface area contributed by atoms with Crippen LogP contribution in [0.2, 0.25) is 5.02 Å². The quantitative estimate of drug-likeness (QED) is 0.420. The monoisotopic (exact) mass is 495 g/mol. The van der Waals surface area contributed by atoms with E-state index in [9.17, 15) is 9.90 Å². The van der Waals surface area contributed by atoms with Gasteiger partial charge in [0, 0.05) is 23.5 Å². The van der Waals surface area contributed by atoms with E-state index in [0.717, 1.165) is 61.7 Å². The summed E-state index contributed by atoms with van der Waals surface area (Å²) in [5, 5.41) is 11.4. The number of benzene rings is 2. The van der Waals surface area contributed by atoms with Gasteiger partial charge < -0.3 is 19.5 Å². The maximum absolute atomic E-state index is 12.3. The normalized spacial score (nSPS) is 26.0. The standard InChI is InChI=1S/C29H34ClNO4/c1-3-5-26(32)23-10-7-21(23)16-31-17-29(13-4-6-19-14-22(30)9-11-24(19)29)18-35-27-12-8-20(15-25(27)31)28(33)34-2/h3,8-9,11-12,14-15,21,23,26,32H,1,4-7,10,13,16-18H2,2H3/t21?,23?,26-,29?/m1/s1. The Morgan fingerprint density at radius 3 is 2.94 bits per heavy atom. The largest absolute Gasteiger partial charge is 0.490 e. The SMILES string of the molecule is C=CC[C@@H](O)C1CCC1CN1CC2(CCCc3cc(Cl)ccc32)COc2ccc(C(=O)OC)cc21. The molecule has 3 aliphatic rings. The minimum absolute atomic E-state index is 0.165. The molecule has 6 heteroatoms. The summed E-state index contributed by atoms with van der Waals surface area (Å²) in [4.78, 5) is 14.7. The number of rotatable bonds is 6. The van der Waals surface area contributed by atoms with Crippen molar-refractivity contribution in [3.05, 3.63) is 70.8 Å². The second-order valence-corrected chi connectivity index (χ2v) is 10.8. The number of halogens is 1. The second kappa shape index (κ2) is 9.87. The van der Waals surface area contributed by atoms with Gasteiger partial charge in [-0.15, -0.1) is 6.58 Å². The zero-order valence-corrected chi connectivity index (χ0v) is 21.1. The fourth-order valence-electron chi connectivity index (χ4n) is 6.32. The third-order valence-corrected chi connectivity index (χ3v) is 8.53. The molecule has 0 radical (unpaired) electrons. The molecular formula is C29H34ClNO4. The molecule has 2 aromatic rings. The number of nitrogens with zero attached hydrogens (tertiary/aromatic N) is 1. The minimum Gasteiger partial charge on any atom is -0.490 e. The van der Waals surface area contributed by atoms with E-state index in [1.807, 2.05) is 18.2 Å². The van der Waals surface area contributed by atoms with Crippen LogP contribution in [0.25, 0.3) is 0 Å². The number of fused-ring (bicyclic) bond motifs is 3. The van der Waals surface area contributed by atoms with Gasteiger partial charge in [-0.2, -0.15) is 0 Å². The number of aliphatic hydroxyl groups is 1. The molecule has 5 rings (SSSR count). The van der Waals surface area contributed by atoms with Crippen LogP contribution in [0.1, 0.15) is 53.6 Å². The van der Waals surface area contributed by atoms with Crippen LogP contribution in [0.4, 0.5) is 5.69 Å². The van der Waals surface area contributed by atoms with Crippen LogP contribution in [-0.2, 0) is 16.6 Å². The van der Waals surface area contributed by atoms with Crippen molar-refractivity contribution in [3.63, 3.8) is 0 Å². The number of carbonyl (C=O) groups excluding carboxylic acids is 1. The highest BCUT2D eigenvalue weighted by Gasteiger charge is 2.44. The first-order valence-corrected chi connectivity index (χ1v) is 13.0. The Labute approximate surface area is 212 Å². The third kappa shape index (κ3) is 4.56. The van der Waals surface area contributed by atoms with Gasteiger partial charge in [0.05, 0.1) is 31.1 Å². The van der Waals surface area contributed by atoms with Crippen molar-refractivity contribution < 1.29 is 19.4 Å². The van der Waals surface area contributed by atoms with E-state index in [1.165, 1.54) is 18.2 Å². The molecule has 1 spiro atoms. The number of aliphatic hydroxyl groups excluding tert-OH is 1. The summed E-state index contributed by atoms with van der Waals surface area (Å²) in [5.41, 5.74) is 3.90. The van der Waals surface area contributed by atoms with E-state index in [0.29, 0.717) is 24.5 Å². The Morgan fingerprint density at radius 1 is 1.34 bits per heavy atom. The lowest BCUT2D eigenvalue weighted by Crippen LogP contribution is -2.49. The van der Waals surface area contributed by atoms with E-state index in [-0.39, 0.29) is 23.4 Å². The predicted molar refractivity (Wildman–Crippen MR) is 139 cm³/mol. The van der Waals surface area contributed by atoms with Crippen LogP contribution in [0.3, 0.4) is 0 Å². The Hall–Kier alpha value is -2.50. The summed E-state index contributed by atoms with van der Waals surface area (Å²) in [5.74, 6) is 1.08. The molecule has 0 aromatic heterocycles. The molecule has 0 bridgehead atoms. The number of hydrogen-bond acceptors (Lipinski definition) is 5. The van der Waals surface area contributed by atoms with Gasteiger partial charge in [-0.05, 0) is 91.8 Å². The molecule has 0 saturated heterocycles. The number of carbonyl (C=O) groups is 1. The number of anilines is 1. The van der Waals surface area contributed by atoms with Crippen molar-refractivity contribution in [3.8, 4) is 5.75 Å². The summed E-state index contributed by atoms with van der Waals surface area (Å²) in [6.07, 6.45) is 7.31. The number of ether oxygens (including phenoxy) is 2. The van der Waals surface area contributed by atoms with E-state index in [1.54, 1.807) is 12.1 Å². The number of aryl methyl sites for hydroxylation is 1. The topological polar surface area (TPSA) is 59.0 Å². The molecule has 5 nitrogen and oxygen atoms in total. The fourth-order valence-corrected chi connectivity index (χ4v) is 6.51. The molecule has 1 aliphatic heterocycles. The lowest BCUT2D eigenvalue weighted by Gasteiger charge is -2.45. The van der Waals surface area contributed by atoms with Gasteiger partial charge in [-0.1, -0.05) is 23.7 Å². The average Bonchev–Trinajstić information content (AvgIpc) is 2.98. The third-order valence-electron chi connectivity index (χ3n) is 8.29. The molecule has 0 amide bonds. The Bertz CT molecular complexity index is 1120. The van der Waals surface area contributed by atoms with Gasteiger partial charge >= 0.3 is 5.97 Å². The number of methoxy groups -OCH3 is 1. The van der Waals surface area contributed by atoms with Crippen molar-refractivity contribution in [1.29, 1.82) is 0 Å². The highest BCUT2D eigenvalue weighted by molar-refractivity contribution is 6.30. The summed E-state index contributed by atoms with van der Waals surface area (Å²) in [6, 6.07) is 11.8. The fraction of sp³-hybridized carbons (Fsp3) is 0.483. The van der Waals surface area contributed by atoms with Crippen molar-refractivity contribution in [1.82, 2.24) is 0 Å². The van der Waals surface area contributed by atoms with Crippen LogP contribution >= 0.6 is 11.6 Å². The molecule has 2 aromatic carbocycles. The van der Waals surface area contributed by atoms with E-state index >= 15 is 0 Å². The van der Waals surface area contributed by atoms with Gasteiger partial charge in [-0.3, -0.25) is 0 Å². The number of esters is 1. The van der Waals surface area contributed by atoms with Gasteiger partial charge in [0.15, 0.2) is 0 Å². The molecule has 186 valence electrons. The van der Waals surface area contributed by atoms with Crippen LogP contribution in [-0.4, -0.2) is 44.0 Å². The molecule has 2 aliphatic carbocycles. The molecule has 4 atom stereocenters. The average molecular weight is 496 g/mol. The molecule has 3 unspecified atom stereocenters. The van der Waals surface area contributed by atoms with Crippen LogP contribution < -0.4 is 9.64 Å². The highest BCUT2D eigenvalue weighted by Crippen LogP contribution is 2.46. The van der Waals surface area contributed by atoms with Crippen molar-refractivity contribution in [2.75, 3.05) is 31.7 Å². The van der Waals surface area contributed by atoms with Crippen molar-refractivity contribution in [2.24, 2.45) is 11.8 Å². The Kier molecular flexibility index (Phi) is 6.82. The second-order valence-electron chi connectivity index (χ2n) is 10.4. The lowest BCUT2D eigenvalue weighted by molar-refractivity contribution is 0.0178. The molecular weight excluding hydrogens is 462 g/mol. The summed E-state index contributed by atoms with van der Waals surface area (Å²) < 4.78 is 11.5. The van der Waals surface area contributed by atoms with Crippen molar-refractivity contribution in [2.45, 2.75) is 50.0 Å². The maximum atomic E-state index is 12.3. The summed E-state index contributed by atoms with van der Waals surface area (Å²) >= 11 is 6.35. The first-order valence-electron chi connectivity index (χ1n) is 12.6. The van der Waals surface area contributed by atoms with Gasteiger partial charge in [0.25, 0.3) is 0 Å². The van der Waals surface area contributed by atoms with E-state index < -0.39 is 0 Å². The van der Waals surface area contributed by atoms with Crippen LogP contribution in [0, 0.1) is 11.8 Å². The Morgan fingerprint density at radius 2 is 2.20 bits per heavy atom. The van der Waals surface area contributed by atoms with Crippen LogP contribution in [0.15, 0.2) is 49.1 Å². The van der Waals surface area contributed by atoms with Crippen LogP contribution in [0.5, 0.6) is 5.75 Å². The predicted octanol–water partition coefficient (Wildman–Crippen LogP) is 5.56. The summed E-state index contributed by atoms with van der Waals surface area (Å²) in [6.45, 7) is 5.98. The molecule has 1 saturated carbocycles. The molecule has 1 fully saturated rings. The van der Waals surface area contributed by atoms with E-state index in [4.69, 9.17) is 21.1 Å². The summed E-state index contributed by atoms with van der Waals surface area (Å²) in [7, 11) is 1.40. The first kappa shape index (κ1) is 24.2.